The highest BCUT2D eigenvalue weighted by Gasteiger charge is 2.03. The summed E-state index contributed by atoms with van der Waals surface area (Å²) < 4.78 is 5.10. The van der Waals surface area contributed by atoms with Crippen LogP contribution in [0.25, 0.3) is 0 Å². The van der Waals surface area contributed by atoms with Crippen molar-refractivity contribution < 1.29 is 4.74 Å². The van der Waals surface area contributed by atoms with Crippen LogP contribution in [0.3, 0.4) is 0 Å². The molecule has 0 aliphatic carbocycles. The van der Waals surface area contributed by atoms with Crippen molar-refractivity contribution in [2.24, 2.45) is 10.7 Å². The van der Waals surface area contributed by atoms with Gasteiger partial charge < -0.3 is 15.8 Å². The zero-order valence-electron chi connectivity index (χ0n) is 12.4. The third-order valence-electron chi connectivity index (χ3n) is 2.90. The van der Waals surface area contributed by atoms with Crippen LogP contribution in [0.1, 0.15) is 16.7 Å². The molecular formula is C15H19ClIN3OS. The molecule has 3 N–H and O–H groups in total. The summed E-state index contributed by atoms with van der Waals surface area (Å²) >= 11 is 7.82. The summed E-state index contributed by atoms with van der Waals surface area (Å²) in [4.78, 5) is 6.88. The monoisotopic (exact) mass is 451 g/mol. The van der Waals surface area contributed by atoms with Gasteiger partial charge in [-0.25, -0.2) is 4.99 Å². The van der Waals surface area contributed by atoms with E-state index in [9.17, 15) is 0 Å². The first-order valence-electron chi connectivity index (χ1n) is 6.60. The third kappa shape index (κ3) is 5.33. The molecule has 0 saturated heterocycles. The number of nitrogens with one attached hydrogen (secondary N) is 1. The Bertz CT molecular complexity index is 645. The van der Waals surface area contributed by atoms with E-state index in [2.05, 4.69) is 29.4 Å². The molecule has 0 fully saturated rings. The summed E-state index contributed by atoms with van der Waals surface area (Å²) in [6.07, 6.45) is 1.05. The molecule has 1 heterocycles. The van der Waals surface area contributed by atoms with Gasteiger partial charge in [-0.05, 0) is 36.8 Å². The van der Waals surface area contributed by atoms with E-state index in [4.69, 9.17) is 22.1 Å². The Morgan fingerprint density at radius 2 is 2.05 bits per heavy atom. The number of hydrogen-bond acceptors (Lipinski definition) is 3. The van der Waals surface area contributed by atoms with Crippen molar-refractivity contribution >= 4 is 58.6 Å². The number of anilines is 1. The first-order valence-corrected chi connectivity index (χ1v) is 7.80. The van der Waals surface area contributed by atoms with E-state index >= 15 is 0 Å². The molecule has 2 rings (SSSR count). The average molecular weight is 452 g/mol. The van der Waals surface area contributed by atoms with Crippen molar-refractivity contribution in [1.82, 2.24) is 0 Å². The Morgan fingerprint density at radius 1 is 1.32 bits per heavy atom. The third-order valence-corrected chi connectivity index (χ3v) is 4.40. The number of thiophene rings is 1. The van der Waals surface area contributed by atoms with Crippen molar-refractivity contribution in [2.75, 3.05) is 12.4 Å². The molecule has 7 heteroatoms. The molecule has 0 saturated carbocycles. The van der Waals surface area contributed by atoms with Crippen molar-refractivity contribution in [2.45, 2.75) is 19.9 Å². The Labute approximate surface area is 156 Å². The summed E-state index contributed by atoms with van der Waals surface area (Å²) in [7, 11) is 1.58. The lowest BCUT2D eigenvalue weighted by molar-refractivity contribution is 0.415. The van der Waals surface area contributed by atoms with Gasteiger partial charge in [-0.2, -0.15) is 0 Å². The molecule has 0 spiro atoms. The van der Waals surface area contributed by atoms with Gasteiger partial charge in [0, 0.05) is 15.4 Å². The second-order valence-corrected chi connectivity index (χ2v) is 6.06. The lowest BCUT2D eigenvalue weighted by atomic mass is 10.3. The number of halogens is 2. The van der Waals surface area contributed by atoms with Gasteiger partial charge in [0.05, 0.1) is 18.7 Å². The Hall–Kier alpha value is -0.990. The summed E-state index contributed by atoms with van der Waals surface area (Å²) in [5, 5.41) is 3.55. The van der Waals surface area contributed by atoms with Crippen LogP contribution in [-0.4, -0.2) is 13.1 Å². The lowest BCUT2D eigenvalue weighted by Crippen LogP contribution is -2.22. The normalized spacial score (nSPS) is 11.0. The fourth-order valence-electron chi connectivity index (χ4n) is 1.79. The molecule has 22 heavy (non-hydrogen) atoms. The van der Waals surface area contributed by atoms with Crippen molar-refractivity contribution in [1.29, 1.82) is 0 Å². The van der Waals surface area contributed by atoms with Crippen molar-refractivity contribution in [3.05, 3.63) is 45.1 Å². The van der Waals surface area contributed by atoms with Gasteiger partial charge in [0.25, 0.3) is 0 Å². The number of ether oxygens (including phenoxy) is 1. The van der Waals surface area contributed by atoms with Gasteiger partial charge in [0.2, 0.25) is 0 Å². The molecule has 0 atom stereocenters. The van der Waals surface area contributed by atoms with Crippen LogP contribution < -0.4 is 15.8 Å². The highest BCUT2D eigenvalue weighted by Crippen LogP contribution is 2.27. The molecule has 0 bridgehead atoms. The van der Waals surface area contributed by atoms with Crippen LogP contribution in [0.2, 0.25) is 5.02 Å². The zero-order valence-corrected chi connectivity index (χ0v) is 16.3. The fraction of sp³-hybridized carbons (Fsp3) is 0.267. The standard InChI is InChI=1S/C15H18ClN3OS.HI/c1-3-11-5-6-12(21-11)9-18-15(17)19-10-4-7-14(20-2)13(16)8-10;/h4-8H,3,9H2,1-2H3,(H3,17,18,19);1H. The maximum atomic E-state index is 6.06. The second-order valence-electron chi connectivity index (χ2n) is 4.40. The van der Waals surface area contributed by atoms with Gasteiger partial charge in [-0.3, -0.25) is 0 Å². The zero-order chi connectivity index (χ0) is 15.2. The van der Waals surface area contributed by atoms with Crippen LogP contribution >= 0.6 is 46.9 Å². The molecular weight excluding hydrogens is 433 g/mol. The molecule has 4 nitrogen and oxygen atoms in total. The topological polar surface area (TPSA) is 59.6 Å². The van der Waals surface area contributed by atoms with E-state index in [0.29, 0.717) is 23.3 Å². The highest BCUT2D eigenvalue weighted by atomic mass is 127. The predicted molar refractivity (Wildman–Crippen MR) is 106 cm³/mol. The number of rotatable bonds is 5. The average Bonchev–Trinajstić information content (AvgIpc) is 2.93. The molecule has 2 aromatic rings. The van der Waals surface area contributed by atoms with Gasteiger partial charge in [-0.15, -0.1) is 35.3 Å². The summed E-state index contributed by atoms with van der Waals surface area (Å²) in [5.74, 6) is 0.992. The van der Waals surface area contributed by atoms with Gasteiger partial charge in [-0.1, -0.05) is 18.5 Å². The summed E-state index contributed by atoms with van der Waals surface area (Å²) in [6.45, 7) is 2.72. The number of methoxy groups -OCH3 is 1. The van der Waals surface area contributed by atoms with Gasteiger partial charge in [0.1, 0.15) is 5.75 Å². The molecule has 1 aromatic carbocycles. The molecule has 0 aliphatic heterocycles. The highest BCUT2D eigenvalue weighted by molar-refractivity contribution is 14.0. The van der Waals surface area contributed by atoms with E-state index in [1.165, 1.54) is 9.75 Å². The van der Waals surface area contributed by atoms with E-state index in [1.54, 1.807) is 30.6 Å². The maximum Gasteiger partial charge on any atom is 0.193 e. The number of nitrogens with zero attached hydrogens (tertiary/aromatic N) is 1. The first kappa shape index (κ1) is 19.1. The Kier molecular flexibility index (Phi) is 7.98. The Morgan fingerprint density at radius 3 is 2.64 bits per heavy atom. The fourth-order valence-corrected chi connectivity index (χ4v) is 2.93. The first-order chi connectivity index (χ1) is 10.1. The number of aryl methyl sites for hydroxylation is 1. The SMILES string of the molecule is CCc1ccc(CN=C(N)Nc2ccc(OC)c(Cl)c2)s1.I. The van der Waals surface area contributed by atoms with Crippen LogP contribution in [0.15, 0.2) is 35.3 Å². The smallest absolute Gasteiger partial charge is 0.193 e. The molecule has 0 amide bonds. The van der Waals surface area contributed by atoms with Gasteiger partial charge >= 0.3 is 0 Å². The number of nitrogens with two attached hydrogens (primary N) is 1. The van der Waals surface area contributed by atoms with E-state index in [0.717, 1.165) is 12.1 Å². The van der Waals surface area contributed by atoms with E-state index < -0.39 is 0 Å². The lowest BCUT2D eigenvalue weighted by Gasteiger charge is -2.08. The molecule has 0 aliphatic rings. The quantitative estimate of drug-likeness (QED) is 0.399. The predicted octanol–water partition coefficient (Wildman–Crippen LogP) is 4.52. The Balaban J connectivity index is 0.00000242. The van der Waals surface area contributed by atoms with Crippen LogP contribution in [0.5, 0.6) is 5.75 Å². The minimum absolute atomic E-state index is 0. The minimum atomic E-state index is 0. The van der Waals surface area contributed by atoms with E-state index in [-0.39, 0.29) is 24.0 Å². The largest absolute Gasteiger partial charge is 0.495 e. The van der Waals surface area contributed by atoms with E-state index in [1.807, 2.05) is 6.07 Å². The van der Waals surface area contributed by atoms with Crippen LogP contribution in [-0.2, 0) is 13.0 Å². The number of benzene rings is 1. The second kappa shape index (κ2) is 9.22. The maximum absolute atomic E-state index is 6.06. The minimum Gasteiger partial charge on any atom is -0.495 e. The van der Waals surface area contributed by atoms with Crippen LogP contribution in [0, 0.1) is 0 Å². The summed E-state index contributed by atoms with van der Waals surface area (Å²) in [5.41, 5.74) is 6.66. The van der Waals surface area contributed by atoms with Gasteiger partial charge in [0.15, 0.2) is 5.96 Å². The molecule has 120 valence electrons. The number of aliphatic imine (C=N–C) groups is 1. The van der Waals surface area contributed by atoms with Crippen molar-refractivity contribution in [3.8, 4) is 5.75 Å². The number of guanidine groups is 1. The van der Waals surface area contributed by atoms with Crippen LogP contribution in [0.4, 0.5) is 5.69 Å². The molecule has 0 unspecified atom stereocenters. The molecule has 1 aromatic heterocycles. The molecule has 0 radical (unpaired) electrons. The van der Waals surface area contributed by atoms with Crippen molar-refractivity contribution in [3.63, 3.8) is 0 Å². The summed E-state index contributed by atoms with van der Waals surface area (Å²) in [6, 6.07) is 9.59. The number of hydrogen-bond donors (Lipinski definition) is 2.